The first-order chi connectivity index (χ1) is 6.93. The molecule has 3 rings (SSSR count). The Labute approximate surface area is 81.0 Å². The van der Waals surface area contributed by atoms with Crippen molar-refractivity contribution in [3.63, 3.8) is 0 Å². The zero-order valence-corrected chi connectivity index (χ0v) is 7.56. The first kappa shape index (κ1) is 7.62. The molecule has 2 heterocycles. The van der Waals surface area contributed by atoms with Crippen LogP contribution in [0.5, 0.6) is 0 Å². The Hall–Kier alpha value is -1.77. The quantitative estimate of drug-likeness (QED) is 0.686. The number of hydrogen-bond donors (Lipinski definition) is 0. The molecule has 2 aromatic rings. The summed E-state index contributed by atoms with van der Waals surface area (Å²) in [5.74, 6) is 0.725. The van der Waals surface area contributed by atoms with Gasteiger partial charge >= 0.3 is 0 Å². The SMILES string of the molecule is c1cc2ccc(C3=NCCO3)cc2o1. The Bertz CT molecular complexity index is 499. The van der Waals surface area contributed by atoms with E-state index in [1.165, 1.54) is 0 Å². The normalized spacial score (nSPS) is 15.6. The lowest BCUT2D eigenvalue weighted by atomic mass is 10.2. The second-order valence-electron chi connectivity index (χ2n) is 3.21. The van der Waals surface area contributed by atoms with E-state index in [4.69, 9.17) is 9.15 Å². The standard InChI is InChI=1S/C11H9NO2/c1-2-9(11-12-4-6-14-11)7-10-8(1)3-5-13-10/h1-3,5,7H,4,6H2. The van der Waals surface area contributed by atoms with Crippen molar-refractivity contribution in [3.8, 4) is 0 Å². The van der Waals surface area contributed by atoms with E-state index in [0.717, 1.165) is 29.0 Å². The van der Waals surface area contributed by atoms with Gasteiger partial charge in [-0.15, -0.1) is 0 Å². The molecule has 0 spiro atoms. The molecular formula is C11H9NO2. The number of fused-ring (bicyclic) bond motifs is 1. The molecule has 0 N–H and O–H groups in total. The van der Waals surface area contributed by atoms with Gasteiger partial charge in [-0.25, -0.2) is 4.99 Å². The Balaban J connectivity index is 2.13. The largest absolute Gasteiger partial charge is 0.476 e. The van der Waals surface area contributed by atoms with Gasteiger partial charge in [-0.2, -0.15) is 0 Å². The summed E-state index contributed by atoms with van der Waals surface area (Å²) >= 11 is 0. The van der Waals surface area contributed by atoms with Crippen molar-refractivity contribution >= 4 is 16.9 Å². The highest BCUT2D eigenvalue weighted by atomic mass is 16.5. The fourth-order valence-corrected chi connectivity index (χ4v) is 1.60. The summed E-state index contributed by atoms with van der Waals surface area (Å²) in [6.07, 6.45) is 1.69. The lowest BCUT2D eigenvalue weighted by molar-refractivity contribution is 0.348. The lowest BCUT2D eigenvalue weighted by Gasteiger charge is -2.00. The predicted molar refractivity (Wildman–Crippen MR) is 53.6 cm³/mol. The fraction of sp³-hybridized carbons (Fsp3) is 0.182. The minimum atomic E-state index is 0.686. The molecule has 0 amide bonds. The van der Waals surface area contributed by atoms with Crippen molar-refractivity contribution in [1.82, 2.24) is 0 Å². The molecule has 0 saturated carbocycles. The van der Waals surface area contributed by atoms with Gasteiger partial charge in [0.2, 0.25) is 5.90 Å². The molecule has 0 atom stereocenters. The third-order valence-corrected chi connectivity index (χ3v) is 2.29. The van der Waals surface area contributed by atoms with Crippen LogP contribution in [0.25, 0.3) is 11.0 Å². The molecule has 1 aromatic heterocycles. The minimum Gasteiger partial charge on any atom is -0.476 e. The minimum absolute atomic E-state index is 0.686. The maximum atomic E-state index is 5.37. The molecule has 3 nitrogen and oxygen atoms in total. The van der Waals surface area contributed by atoms with Gasteiger partial charge in [0, 0.05) is 10.9 Å². The van der Waals surface area contributed by atoms with Crippen LogP contribution in [0.4, 0.5) is 0 Å². The number of furan rings is 1. The van der Waals surface area contributed by atoms with E-state index in [0.29, 0.717) is 6.61 Å². The highest BCUT2D eigenvalue weighted by molar-refractivity contribution is 5.98. The zero-order valence-electron chi connectivity index (χ0n) is 7.56. The van der Waals surface area contributed by atoms with Crippen molar-refractivity contribution in [3.05, 3.63) is 36.1 Å². The third-order valence-electron chi connectivity index (χ3n) is 2.29. The summed E-state index contributed by atoms with van der Waals surface area (Å²) in [6, 6.07) is 7.91. The molecule has 1 aromatic carbocycles. The molecule has 0 aliphatic carbocycles. The van der Waals surface area contributed by atoms with E-state index in [2.05, 4.69) is 4.99 Å². The number of rotatable bonds is 1. The van der Waals surface area contributed by atoms with E-state index in [9.17, 15) is 0 Å². The summed E-state index contributed by atoms with van der Waals surface area (Å²) in [6.45, 7) is 1.44. The summed E-state index contributed by atoms with van der Waals surface area (Å²) < 4.78 is 10.7. The van der Waals surface area contributed by atoms with Crippen LogP contribution in [-0.4, -0.2) is 19.0 Å². The van der Waals surface area contributed by atoms with Crippen LogP contribution >= 0.6 is 0 Å². The maximum absolute atomic E-state index is 5.37. The van der Waals surface area contributed by atoms with Crippen molar-refractivity contribution in [2.75, 3.05) is 13.2 Å². The molecule has 1 aliphatic heterocycles. The first-order valence-corrected chi connectivity index (χ1v) is 4.58. The number of nitrogens with zero attached hydrogens (tertiary/aromatic N) is 1. The highest BCUT2D eigenvalue weighted by Gasteiger charge is 2.10. The van der Waals surface area contributed by atoms with Crippen LogP contribution in [0.15, 0.2) is 39.9 Å². The van der Waals surface area contributed by atoms with Gasteiger partial charge in [0.15, 0.2) is 0 Å². The van der Waals surface area contributed by atoms with E-state index >= 15 is 0 Å². The average molecular weight is 187 g/mol. The number of benzene rings is 1. The van der Waals surface area contributed by atoms with Gasteiger partial charge in [0.25, 0.3) is 0 Å². The molecule has 0 fully saturated rings. The van der Waals surface area contributed by atoms with E-state index in [1.54, 1.807) is 6.26 Å². The number of aliphatic imine (C=N–C) groups is 1. The van der Waals surface area contributed by atoms with E-state index < -0.39 is 0 Å². The molecule has 0 bridgehead atoms. The van der Waals surface area contributed by atoms with Crippen LogP contribution in [0, 0.1) is 0 Å². The molecule has 0 radical (unpaired) electrons. The molecule has 70 valence electrons. The first-order valence-electron chi connectivity index (χ1n) is 4.58. The van der Waals surface area contributed by atoms with E-state index in [1.807, 2.05) is 24.3 Å². The van der Waals surface area contributed by atoms with Crippen molar-refractivity contribution in [2.24, 2.45) is 4.99 Å². The predicted octanol–water partition coefficient (Wildman–Crippen LogP) is 2.21. The average Bonchev–Trinajstić information content (AvgIpc) is 2.88. The Kier molecular flexibility index (Phi) is 1.56. The summed E-state index contributed by atoms with van der Waals surface area (Å²) in [7, 11) is 0. The van der Waals surface area contributed by atoms with Crippen LogP contribution in [0.3, 0.4) is 0 Å². The monoisotopic (exact) mass is 187 g/mol. The molecule has 3 heteroatoms. The van der Waals surface area contributed by atoms with Gasteiger partial charge in [-0.1, -0.05) is 6.07 Å². The maximum Gasteiger partial charge on any atom is 0.216 e. The van der Waals surface area contributed by atoms with Crippen LogP contribution < -0.4 is 0 Å². The summed E-state index contributed by atoms with van der Waals surface area (Å²) in [4.78, 5) is 4.25. The Morgan fingerprint density at radius 1 is 1.21 bits per heavy atom. The fourth-order valence-electron chi connectivity index (χ4n) is 1.60. The smallest absolute Gasteiger partial charge is 0.216 e. The van der Waals surface area contributed by atoms with Gasteiger partial charge in [-0.3, -0.25) is 0 Å². The molecular weight excluding hydrogens is 178 g/mol. The summed E-state index contributed by atoms with van der Waals surface area (Å²) in [5.41, 5.74) is 1.87. The van der Waals surface area contributed by atoms with Crippen molar-refractivity contribution in [2.45, 2.75) is 0 Å². The molecule has 1 aliphatic rings. The Morgan fingerprint density at radius 2 is 2.21 bits per heavy atom. The van der Waals surface area contributed by atoms with Crippen molar-refractivity contribution < 1.29 is 9.15 Å². The van der Waals surface area contributed by atoms with Gasteiger partial charge < -0.3 is 9.15 Å². The lowest BCUT2D eigenvalue weighted by Crippen LogP contribution is -2.00. The third kappa shape index (κ3) is 1.09. The summed E-state index contributed by atoms with van der Waals surface area (Å²) in [5, 5.41) is 1.10. The zero-order chi connectivity index (χ0) is 9.38. The molecule has 14 heavy (non-hydrogen) atoms. The van der Waals surface area contributed by atoms with Gasteiger partial charge in [0.05, 0.1) is 12.8 Å². The molecule has 0 saturated heterocycles. The van der Waals surface area contributed by atoms with Crippen molar-refractivity contribution in [1.29, 1.82) is 0 Å². The van der Waals surface area contributed by atoms with Crippen LogP contribution in [0.2, 0.25) is 0 Å². The molecule has 0 unspecified atom stereocenters. The van der Waals surface area contributed by atoms with Gasteiger partial charge in [0.1, 0.15) is 12.2 Å². The van der Waals surface area contributed by atoms with Crippen LogP contribution in [0.1, 0.15) is 5.56 Å². The van der Waals surface area contributed by atoms with Crippen LogP contribution in [-0.2, 0) is 4.74 Å². The number of ether oxygens (including phenoxy) is 1. The second kappa shape index (κ2) is 2.87. The topological polar surface area (TPSA) is 34.7 Å². The Morgan fingerprint density at radius 3 is 3.07 bits per heavy atom. The highest BCUT2D eigenvalue weighted by Crippen LogP contribution is 2.18. The van der Waals surface area contributed by atoms with Gasteiger partial charge in [-0.05, 0) is 18.2 Å². The number of hydrogen-bond acceptors (Lipinski definition) is 3. The van der Waals surface area contributed by atoms with E-state index in [-0.39, 0.29) is 0 Å². The second-order valence-corrected chi connectivity index (χ2v) is 3.21.